The van der Waals surface area contributed by atoms with Gasteiger partial charge < -0.3 is 11.5 Å². The molecule has 1 aliphatic heterocycles. The zero-order valence-electron chi connectivity index (χ0n) is 12.3. The molecule has 0 spiro atoms. The molecule has 1 fully saturated rings. The smallest absolute Gasteiger partial charge is 0.248 e. The number of nitrogens with zero attached hydrogens (tertiary/aromatic N) is 1. The molecule has 1 heterocycles. The number of anilines is 1. The highest BCUT2D eigenvalue weighted by Gasteiger charge is 2.22. The van der Waals surface area contributed by atoms with Crippen LogP contribution in [0.3, 0.4) is 0 Å². The van der Waals surface area contributed by atoms with Crippen molar-refractivity contribution in [3.05, 3.63) is 29.3 Å². The third kappa shape index (κ3) is 3.51. The summed E-state index contributed by atoms with van der Waals surface area (Å²) in [7, 11) is 0. The van der Waals surface area contributed by atoms with Crippen molar-refractivity contribution >= 4 is 11.6 Å². The molecule has 0 aliphatic carbocycles. The van der Waals surface area contributed by atoms with Gasteiger partial charge in [0.15, 0.2) is 0 Å². The monoisotopic (exact) mass is 275 g/mol. The first-order valence-corrected chi connectivity index (χ1v) is 7.54. The highest BCUT2D eigenvalue weighted by Crippen LogP contribution is 2.25. The number of nitrogen functional groups attached to an aromatic ring is 1. The topological polar surface area (TPSA) is 72.3 Å². The first kappa shape index (κ1) is 14.9. The number of carbonyl (C=O) groups is 1. The van der Waals surface area contributed by atoms with E-state index in [2.05, 4.69) is 11.8 Å². The van der Waals surface area contributed by atoms with Crippen LogP contribution in [0.4, 0.5) is 5.69 Å². The fraction of sp³-hybridized carbons (Fsp3) is 0.562. The lowest BCUT2D eigenvalue weighted by Crippen LogP contribution is -2.38. The minimum Gasteiger partial charge on any atom is -0.398 e. The summed E-state index contributed by atoms with van der Waals surface area (Å²) in [5.74, 6) is -0.426. The molecular formula is C16H25N3O. The Morgan fingerprint density at radius 3 is 2.85 bits per heavy atom. The van der Waals surface area contributed by atoms with Gasteiger partial charge in [0.05, 0.1) is 0 Å². The van der Waals surface area contributed by atoms with E-state index in [0.29, 0.717) is 17.3 Å². The van der Waals surface area contributed by atoms with Crippen LogP contribution in [0.5, 0.6) is 0 Å². The summed E-state index contributed by atoms with van der Waals surface area (Å²) in [6.45, 7) is 4.25. The summed E-state index contributed by atoms with van der Waals surface area (Å²) in [5.41, 5.74) is 13.6. The Morgan fingerprint density at radius 2 is 2.20 bits per heavy atom. The zero-order chi connectivity index (χ0) is 14.5. The lowest BCUT2D eigenvalue weighted by atomic mass is 9.97. The summed E-state index contributed by atoms with van der Waals surface area (Å²) >= 11 is 0. The van der Waals surface area contributed by atoms with Gasteiger partial charge in [0.1, 0.15) is 0 Å². The van der Waals surface area contributed by atoms with Gasteiger partial charge in [-0.3, -0.25) is 9.69 Å². The van der Waals surface area contributed by atoms with Crippen LogP contribution < -0.4 is 11.5 Å². The Bertz CT molecular complexity index is 471. The fourth-order valence-electron chi connectivity index (χ4n) is 3.04. The van der Waals surface area contributed by atoms with Crippen LogP contribution in [-0.2, 0) is 6.54 Å². The molecule has 1 aromatic rings. The third-order valence-electron chi connectivity index (χ3n) is 4.17. The Morgan fingerprint density at radius 1 is 1.40 bits per heavy atom. The molecule has 110 valence electrons. The van der Waals surface area contributed by atoms with E-state index in [1.165, 1.54) is 32.1 Å². The Hall–Kier alpha value is -1.55. The molecule has 1 amide bonds. The second-order valence-corrected chi connectivity index (χ2v) is 5.69. The zero-order valence-corrected chi connectivity index (χ0v) is 12.3. The fourth-order valence-corrected chi connectivity index (χ4v) is 3.04. The summed E-state index contributed by atoms with van der Waals surface area (Å²) in [6.07, 6.45) is 6.35. The van der Waals surface area contributed by atoms with Crippen LogP contribution in [0.2, 0.25) is 0 Å². The molecule has 4 nitrogen and oxygen atoms in total. The summed E-state index contributed by atoms with van der Waals surface area (Å²) in [6, 6.07) is 6.07. The average molecular weight is 275 g/mol. The molecule has 0 bridgehead atoms. The Balaban J connectivity index is 2.09. The van der Waals surface area contributed by atoms with Crippen LogP contribution in [0.15, 0.2) is 18.2 Å². The number of likely N-dealkylation sites (tertiary alicyclic amines) is 1. The third-order valence-corrected chi connectivity index (χ3v) is 4.17. The van der Waals surface area contributed by atoms with Crippen molar-refractivity contribution in [3.8, 4) is 0 Å². The molecule has 1 unspecified atom stereocenters. The lowest BCUT2D eigenvalue weighted by Gasteiger charge is -2.36. The molecule has 1 saturated heterocycles. The van der Waals surface area contributed by atoms with E-state index < -0.39 is 5.91 Å². The molecule has 1 aliphatic rings. The van der Waals surface area contributed by atoms with E-state index in [4.69, 9.17) is 11.5 Å². The molecule has 0 saturated carbocycles. The Kier molecular flexibility index (Phi) is 5.01. The predicted molar refractivity (Wildman–Crippen MR) is 82.3 cm³/mol. The van der Waals surface area contributed by atoms with E-state index in [0.717, 1.165) is 18.7 Å². The minimum atomic E-state index is -0.426. The average Bonchev–Trinajstić information content (AvgIpc) is 2.43. The SMILES string of the molecule is CCCC1CCCCN1Cc1ccc(C(N)=O)cc1N. The number of amides is 1. The van der Waals surface area contributed by atoms with E-state index in [9.17, 15) is 4.79 Å². The number of hydrogen-bond donors (Lipinski definition) is 2. The summed E-state index contributed by atoms with van der Waals surface area (Å²) in [5, 5.41) is 0. The summed E-state index contributed by atoms with van der Waals surface area (Å²) < 4.78 is 0. The van der Waals surface area contributed by atoms with Crippen molar-refractivity contribution in [2.45, 2.75) is 51.6 Å². The summed E-state index contributed by atoms with van der Waals surface area (Å²) in [4.78, 5) is 13.7. The van der Waals surface area contributed by atoms with Crippen LogP contribution in [-0.4, -0.2) is 23.4 Å². The quantitative estimate of drug-likeness (QED) is 0.811. The van der Waals surface area contributed by atoms with Crippen molar-refractivity contribution in [3.63, 3.8) is 0 Å². The Labute approximate surface area is 121 Å². The number of piperidine rings is 1. The van der Waals surface area contributed by atoms with Crippen molar-refractivity contribution in [2.75, 3.05) is 12.3 Å². The second-order valence-electron chi connectivity index (χ2n) is 5.69. The first-order valence-electron chi connectivity index (χ1n) is 7.54. The van der Waals surface area contributed by atoms with Crippen LogP contribution in [0.1, 0.15) is 54.9 Å². The molecule has 4 heteroatoms. The molecule has 20 heavy (non-hydrogen) atoms. The molecule has 1 atom stereocenters. The second kappa shape index (κ2) is 6.75. The number of rotatable bonds is 5. The van der Waals surface area contributed by atoms with Gasteiger partial charge in [0.2, 0.25) is 5.91 Å². The van der Waals surface area contributed by atoms with Crippen LogP contribution >= 0.6 is 0 Å². The molecular weight excluding hydrogens is 250 g/mol. The van der Waals surface area contributed by atoms with Gasteiger partial charge in [-0.05, 0) is 43.5 Å². The van der Waals surface area contributed by atoms with Crippen LogP contribution in [0, 0.1) is 0 Å². The number of benzene rings is 1. The van der Waals surface area contributed by atoms with Gasteiger partial charge in [-0.15, -0.1) is 0 Å². The number of hydrogen-bond acceptors (Lipinski definition) is 3. The van der Waals surface area contributed by atoms with E-state index in [1.54, 1.807) is 12.1 Å². The lowest BCUT2D eigenvalue weighted by molar-refractivity contribution is 0.1000. The van der Waals surface area contributed by atoms with E-state index in [-0.39, 0.29) is 0 Å². The largest absolute Gasteiger partial charge is 0.398 e. The number of primary amides is 1. The maximum absolute atomic E-state index is 11.1. The van der Waals surface area contributed by atoms with Gasteiger partial charge >= 0.3 is 0 Å². The highest BCUT2D eigenvalue weighted by atomic mass is 16.1. The molecule has 0 aromatic heterocycles. The van der Waals surface area contributed by atoms with Gasteiger partial charge in [-0.25, -0.2) is 0 Å². The number of carbonyl (C=O) groups excluding carboxylic acids is 1. The van der Waals surface area contributed by atoms with Crippen molar-refractivity contribution in [2.24, 2.45) is 5.73 Å². The van der Waals surface area contributed by atoms with Crippen molar-refractivity contribution in [1.82, 2.24) is 4.90 Å². The van der Waals surface area contributed by atoms with Gasteiger partial charge in [-0.1, -0.05) is 25.8 Å². The maximum Gasteiger partial charge on any atom is 0.248 e. The number of nitrogens with two attached hydrogens (primary N) is 2. The highest BCUT2D eigenvalue weighted by molar-refractivity contribution is 5.93. The molecule has 2 rings (SSSR count). The van der Waals surface area contributed by atoms with Crippen molar-refractivity contribution in [1.29, 1.82) is 0 Å². The normalized spacial score (nSPS) is 19.9. The van der Waals surface area contributed by atoms with E-state index in [1.807, 2.05) is 6.07 Å². The standard InChI is InChI=1S/C16H25N3O/c1-2-5-14-6-3-4-9-19(14)11-13-8-7-12(16(18)20)10-15(13)17/h7-8,10,14H,2-6,9,11,17H2,1H3,(H2,18,20). The molecule has 4 N–H and O–H groups in total. The van der Waals surface area contributed by atoms with Crippen molar-refractivity contribution < 1.29 is 4.79 Å². The maximum atomic E-state index is 11.1. The van der Waals surface area contributed by atoms with Gasteiger partial charge in [-0.2, -0.15) is 0 Å². The van der Waals surface area contributed by atoms with Gasteiger partial charge in [0, 0.05) is 23.8 Å². The van der Waals surface area contributed by atoms with E-state index >= 15 is 0 Å². The first-order chi connectivity index (χ1) is 9.61. The molecule has 1 aromatic carbocycles. The van der Waals surface area contributed by atoms with Gasteiger partial charge in [0.25, 0.3) is 0 Å². The van der Waals surface area contributed by atoms with Crippen LogP contribution in [0.25, 0.3) is 0 Å². The molecule has 0 radical (unpaired) electrons. The minimum absolute atomic E-state index is 0.426. The predicted octanol–water partition coefficient (Wildman–Crippen LogP) is 2.52.